The summed E-state index contributed by atoms with van der Waals surface area (Å²) in [5, 5.41) is 14.6. The number of hydrogen-bond acceptors (Lipinski definition) is 5. The number of non-ortho nitro benzene ring substituents is 1. The lowest BCUT2D eigenvalue weighted by molar-refractivity contribution is -0.384. The second-order valence-corrected chi connectivity index (χ2v) is 4.92. The Morgan fingerprint density at radius 3 is 2.57 bits per heavy atom. The molecule has 2 rings (SSSR count). The van der Waals surface area contributed by atoms with Gasteiger partial charge in [-0.25, -0.2) is 0 Å². The van der Waals surface area contributed by atoms with Gasteiger partial charge in [-0.2, -0.15) is 5.10 Å². The molecule has 0 spiro atoms. The van der Waals surface area contributed by atoms with E-state index in [1.165, 1.54) is 24.3 Å². The highest BCUT2D eigenvalue weighted by atomic mass is 16.6. The smallest absolute Gasteiger partial charge is 0.269 e. The molecule has 0 saturated carbocycles. The number of aromatic nitrogens is 2. The molecule has 21 heavy (non-hydrogen) atoms. The third-order valence-corrected chi connectivity index (χ3v) is 3.02. The molecule has 0 N–H and O–H groups in total. The summed E-state index contributed by atoms with van der Waals surface area (Å²) in [7, 11) is 3.68. The van der Waals surface area contributed by atoms with Gasteiger partial charge >= 0.3 is 0 Å². The van der Waals surface area contributed by atoms with Crippen LogP contribution in [0, 0.1) is 10.1 Å². The molecule has 0 amide bonds. The van der Waals surface area contributed by atoms with E-state index in [1.807, 2.05) is 25.2 Å². The number of nitrogens with zero attached hydrogens (tertiary/aromatic N) is 4. The first-order valence-corrected chi connectivity index (χ1v) is 6.39. The molecule has 0 fully saturated rings. The second kappa shape index (κ2) is 6.27. The molecule has 110 valence electrons. The molecular formula is C14H16N4O3. The minimum absolute atomic E-state index is 0.0183. The first-order valence-electron chi connectivity index (χ1n) is 6.39. The summed E-state index contributed by atoms with van der Waals surface area (Å²) in [6.07, 6.45) is 3.65. The van der Waals surface area contributed by atoms with E-state index in [0.29, 0.717) is 12.1 Å². The largest absolute Gasteiger partial charge is 0.294 e. The van der Waals surface area contributed by atoms with Crippen molar-refractivity contribution in [3.05, 3.63) is 57.9 Å². The fourth-order valence-corrected chi connectivity index (χ4v) is 2.03. The predicted octanol–water partition coefficient (Wildman–Crippen LogP) is 1.64. The number of rotatable bonds is 6. The number of hydrogen-bond donors (Lipinski definition) is 0. The Labute approximate surface area is 121 Å². The van der Waals surface area contributed by atoms with Crippen molar-refractivity contribution in [2.45, 2.75) is 6.54 Å². The molecule has 0 atom stereocenters. The van der Waals surface area contributed by atoms with Gasteiger partial charge in [-0.05, 0) is 19.2 Å². The first kappa shape index (κ1) is 14.9. The molecule has 0 aliphatic rings. The Kier molecular flexibility index (Phi) is 4.44. The Morgan fingerprint density at radius 1 is 1.38 bits per heavy atom. The van der Waals surface area contributed by atoms with Gasteiger partial charge < -0.3 is 0 Å². The number of carbonyl (C=O) groups is 1. The standard InChI is InChI=1S/C14H16N4O3/c1-16(8-11-7-15-17(2)9-11)10-14(19)12-3-5-13(6-4-12)18(20)21/h3-7,9H,8,10H2,1-2H3. The highest BCUT2D eigenvalue weighted by molar-refractivity contribution is 5.97. The number of aryl methyl sites for hydroxylation is 1. The van der Waals surface area contributed by atoms with Crippen LogP contribution in [0.1, 0.15) is 15.9 Å². The van der Waals surface area contributed by atoms with Gasteiger partial charge in [0.15, 0.2) is 5.78 Å². The van der Waals surface area contributed by atoms with Crippen LogP contribution in [0.2, 0.25) is 0 Å². The van der Waals surface area contributed by atoms with Crippen LogP contribution >= 0.6 is 0 Å². The molecule has 1 aromatic carbocycles. The van der Waals surface area contributed by atoms with Crippen LogP contribution in [0.25, 0.3) is 0 Å². The second-order valence-electron chi connectivity index (χ2n) is 4.92. The summed E-state index contributed by atoms with van der Waals surface area (Å²) in [6.45, 7) is 0.860. The summed E-state index contributed by atoms with van der Waals surface area (Å²) in [4.78, 5) is 24.1. The van der Waals surface area contributed by atoms with Gasteiger partial charge in [0.2, 0.25) is 0 Å². The maximum Gasteiger partial charge on any atom is 0.269 e. The Hall–Kier alpha value is -2.54. The van der Waals surface area contributed by atoms with Crippen molar-refractivity contribution in [1.29, 1.82) is 0 Å². The number of ketones is 1. The van der Waals surface area contributed by atoms with Gasteiger partial charge in [-0.1, -0.05) is 0 Å². The number of nitro benzene ring substituents is 1. The molecule has 1 aromatic heterocycles. The van der Waals surface area contributed by atoms with Crippen LogP contribution in [0.15, 0.2) is 36.7 Å². The topological polar surface area (TPSA) is 81.3 Å². The van der Waals surface area contributed by atoms with Crippen LogP contribution in [0.4, 0.5) is 5.69 Å². The molecule has 1 heterocycles. The number of nitro groups is 1. The van der Waals surface area contributed by atoms with Gasteiger partial charge in [0.25, 0.3) is 5.69 Å². The van der Waals surface area contributed by atoms with E-state index in [1.54, 1.807) is 10.9 Å². The minimum atomic E-state index is -0.483. The Morgan fingerprint density at radius 2 is 2.05 bits per heavy atom. The molecule has 0 saturated heterocycles. The van der Waals surface area contributed by atoms with Gasteiger partial charge in [0.1, 0.15) is 0 Å². The summed E-state index contributed by atoms with van der Waals surface area (Å²) in [5.41, 5.74) is 1.48. The third-order valence-electron chi connectivity index (χ3n) is 3.02. The van der Waals surface area contributed by atoms with E-state index in [-0.39, 0.29) is 18.0 Å². The number of Topliss-reactive ketones (excluding diaryl/α,β-unsaturated/α-hetero) is 1. The van der Waals surface area contributed by atoms with Crippen molar-refractivity contribution in [2.24, 2.45) is 7.05 Å². The van der Waals surface area contributed by atoms with Crippen molar-refractivity contribution in [3.63, 3.8) is 0 Å². The van der Waals surface area contributed by atoms with Crippen LogP contribution < -0.4 is 0 Å². The lowest BCUT2D eigenvalue weighted by Crippen LogP contribution is -2.25. The molecule has 7 heteroatoms. The Bertz CT molecular complexity index is 648. The summed E-state index contributed by atoms with van der Waals surface area (Å²) < 4.78 is 1.71. The van der Waals surface area contributed by atoms with Gasteiger partial charge in [-0.3, -0.25) is 24.5 Å². The van der Waals surface area contributed by atoms with Crippen LogP contribution in [0.5, 0.6) is 0 Å². The fraction of sp³-hybridized carbons (Fsp3) is 0.286. The average molecular weight is 288 g/mol. The van der Waals surface area contributed by atoms with Gasteiger partial charge in [0.05, 0.1) is 17.7 Å². The lowest BCUT2D eigenvalue weighted by Gasteiger charge is -2.14. The van der Waals surface area contributed by atoms with Crippen molar-refractivity contribution in [3.8, 4) is 0 Å². The van der Waals surface area contributed by atoms with E-state index in [2.05, 4.69) is 5.10 Å². The zero-order valence-electron chi connectivity index (χ0n) is 11.9. The maximum absolute atomic E-state index is 12.1. The van der Waals surface area contributed by atoms with Crippen LogP contribution in [-0.2, 0) is 13.6 Å². The lowest BCUT2D eigenvalue weighted by atomic mass is 10.1. The minimum Gasteiger partial charge on any atom is -0.294 e. The van der Waals surface area contributed by atoms with E-state index < -0.39 is 4.92 Å². The third kappa shape index (κ3) is 3.96. The zero-order valence-corrected chi connectivity index (χ0v) is 11.9. The monoisotopic (exact) mass is 288 g/mol. The van der Waals surface area contributed by atoms with Crippen molar-refractivity contribution in [1.82, 2.24) is 14.7 Å². The van der Waals surface area contributed by atoms with Gasteiger partial charge in [0, 0.05) is 43.0 Å². The highest BCUT2D eigenvalue weighted by Crippen LogP contribution is 2.13. The summed E-state index contributed by atoms with van der Waals surface area (Å²) in [6, 6.07) is 5.65. The SMILES string of the molecule is CN(CC(=O)c1ccc([N+](=O)[O-])cc1)Cc1cnn(C)c1. The molecule has 7 nitrogen and oxygen atoms in total. The summed E-state index contributed by atoms with van der Waals surface area (Å²) >= 11 is 0. The quantitative estimate of drug-likeness (QED) is 0.458. The number of benzene rings is 1. The molecule has 0 radical (unpaired) electrons. The molecule has 2 aromatic rings. The normalized spacial score (nSPS) is 10.8. The van der Waals surface area contributed by atoms with E-state index >= 15 is 0 Å². The molecule has 0 bridgehead atoms. The first-order chi connectivity index (χ1) is 9.95. The fourth-order valence-electron chi connectivity index (χ4n) is 2.03. The predicted molar refractivity (Wildman–Crippen MR) is 77.0 cm³/mol. The van der Waals surface area contributed by atoms with Crippen molar-refractivity contribution < 1.29 is 9.72 Å². The number of carbonyl (C=O) groups excluding carboxylic acids is 1. The molecular weight excluding hydrogens is 272 g/mol. The number of likely N-dealkylation sites (N-methyl/N-ethyl adjacent to an activating group) is 1. The van der Waals surface area contributed by atoms with Crippen LogP contribution in [-0.4, -0.2) is 39.0 Å². The van der Waals surface area contributed by atoms with E-state index in [4.69, 9.17) is 0 Å². The summed E-state index contributed by atoms with van der Waals surface area (Å²) in [5.74, 6) is -0.0729. The zero-order chi connectivity index (χ0) is 15.4. The molecule has 0 aliphatic carbocycles. The average Bonchev–Trinajstić information content (AvgIpc) is 2.83. The van der Waals surface area contributed by atoms with E-state index in [0.717, 1.165) is 5.56 Å². The van der Waals surface area contributed by atoms with Crippen molar-refractivity contribution in [2.75, 3.05) is 13.6 Å². The molecule has 0 unspecified atom stereocenters. The van der Waals surface area contributed by atoms with E-state index in [9.17, 15) is 14.9 Å². The molecule has 0 aliphatic heterocycles. The highest BCUT2D eigenvalue weighted by Gasteiger charge is 2.12. The Balaban J connectivity index is 1.95. The maximum atomic E-state index is 12.1. The van der Waals surface area contributed by atoms with Gasteiger partial charge in [-0.15, -0.1) is 0 Å². The van der Waals surface area contributed by atoms with Crippen molar-refractivity contribution >= 4 is 11.5 Å². The van der Waals surface area contributed by atoms with Crippen LogP contribution in [0.3, 0.4) is 0 Å².